The second kappa shape index (κ2) is 5.68. The molecule has 0 unspecified atom stereocenters. The molecule has 130 valence electrons. The van der Waals surface area contributed by atoms with Crippen LogP contribution >= 0.6 is 0 Å². The third kappa shape index (κ3) is 2.57. The molecule has 4 aliphatic carbocycles. The maximum atomic E-state index is 13.9. The largest absolute Gasteiger partial charge is 0.357 e. The molecular formula is C20H22FN3O. The Morgan fingerprint density at radius 1 is 1.16 bits per heavy atom. The minimum absolute atomic E-state index is 0.0711. The topological polar surface area (TPSA) is 57.8 Å². The molecule has 4 saturated carbocycles. The number of amides is 1. The van der Waals surface area contributed by atoms with E-state index in [2.05, 4.69) is 15.3 Å². The fourth-order valence-electron chi connectivity index (χ4n) is 5.68. The Bertz CT molecular complexity index is 787. The van der Waals surface area contributed by atoms with E-state index in [1.165, 1.54) is 38.3 Å². The van der Waals surface area contributed by atoms with Gasteiger partial charge in [0.25, 0.3) is 5.91 Å². The summed E-state index contributed by atoms with van der Waals surface area (Å²) in [7, 11) is 0. The molecule has 2 aromatic rings. The van der Waals surface area contributed by atoms with Gasteiger partial charge in [0.1, 0.15) is 11.5 Å². The zero-order valence-electron chi connectivity index (χ0n) is 14.0. The van der Waals surface area contributed by atoms with Crippen molar-refractivity contribution < 1.29 is 9.18 Å². The molecular weight excluding hydrogens is 317 g/mol. The van der Waals surface area contributed by atoms with Crippen LogP contribution in [0.25, 0.3) is 11.1 Å². The number of pyridine rings is 1. The average Bonchev–Trinajstić information content (AvgIpc) is 3.08. The number of nitrogens with zero attached hydrogens (tertiary/aromatic N) is 1. The van der Waals surface area contributed by atoms with Gasteiger partial charge in [-0.05, 0) is 67.9 Å². The lowest BCUT2D eigenvalue weighted by Crippen LogP contribution is -2.55. The molecule has 1 amide bonds. The van der Waals surface area contributed by atoms with Gasteiger partial charge in [0.05, 0.1) is 6.20 Å². The van der Waals surface area contributed by atoms with E-state index < -0.39 is 0 Å². The molecule has 4 bridgehead atoms. The molecule has 0 aromatic carbocycles. The van der Waals surface area contributed by atoms with Crippen molar-refractivity contribution in [2.75, 3.05) is 0 Å². The number of hydrogen-bond acceptors (Lipinski definition) is 2. The van der Waals surface area contributed by atoms with E-state index in [0.717, 1.165) is 11.8 Å². The Morgan fingerprint density at radius 3 is 2.56 bits per heavy atom. The van der Waals surface area contributed by atoms with Crippen molar-refractivity contribution in [3.05, 3.63) is 42.2 Å². The third-order valence-electron chi connectivity index (χ3n) is 6.54. The first-order valence-corrected chi connectivity index (χ1v) is 9.26. The van der Waals surface area contributed by atoms with E-state index in [1.807, 2.05) is 0 Å². The number of hydrogen-bond donors (Lipinski definition) is 2. The van der Waals surface area contributed by atoms with Gasteiger partial charge in [0, 0.05) is 29.6 Å². The van der Waals surface area contributed by atoms with Crippen LogP contribution in [0.3, 0.4) is 0 Å². The van der Waals surface area contributed by atoms with E-state index in [-0.39, 0.29) is 11.7 Å². The first-order valence-electron chi connectivity index (χ1n) is 9.26. The lowest BCUT2D eigenvalue weighted by Gasteiger charge is -2.54. The molecule has 4 aliphatic rings. The first kappa shape index (κ1) is 15.1. The van der Waals surface area contributed by atoms with E-state index in [1.54, 1.807) is 24.5 Å². The average molecular weight is 339 g/mol. The highest BCUT2D eigenvalue weighted by Crippen LogP contribution is 2.53. The zero-order chi connectivity index (χ0) is 17.0. The number of aromatic amines is 1. The highest BCUT2D eigenvalue weighted by atomic mass is 19.1. The number of nitrogens with one attached hydrogen (secondary N) is 2. The SMILES string of the molecule is O=C(NC1C2CC3CC(C2)CC1C3)c1cc(-c2ccncc2F)c[nH]1. The Labute approximate surface area is 146 Å². The van der Waals surface area contributed by atoms with Crippen molar-refractivity contribution in [1.29, 1.82) is 0 Å². The monoisotopic (exact) mass is 339 g/mol. The van der Waals surface area contributed by atoms with Gasteiger partial charge >= 0.3 is 0 Å². The molecule has 25 heavy (non-hydrogen) atoms. The van der Waals surface area contributed by atoms with Gasteiger partial charge in [0.15, 0.2) is 0 Å². The third-order valence-corrected chi connectivity index (χ3v) is 6.54. The molecule has 0 radical (unpaired) electrons. The van der Waals surface area contributed by atoms with Crippen LogP contribution in [0.2, 0.25) is 0 Å². The highest BCUT2D eigenvalue weighted by molar-refractivity contribution is 5.94. The maximum Gasteiger partial charge on any atom is 0.267 e. The van der Waals surface area contributed by atoms with Crippen LogP contribution < -0.4 is 5.32 Å². The summed E-state index contributed by atoms with van der Waals surface area (Å²) in [5, 5.41) is 3.28. The van der Waals surface area contributed by atoms with Gasteiger partial charge in [0.2, 0.25) is 0 Å². The van der Waals surface area contributed by atoms with Gasteiger partial charge in [-0.25, -0.2) is 4.39 Å². The molecule has 2 heterocycles. The van der Waals surface area contributed by atoms with Gasteiger partial charge in [-0.3, -0.25) is 9.78 Å². The summed E-state index contributed by atoms with van der Waals surface area (Å²) in [5.41, 5.74) is 1.63. The number of rotatable bonds is 3. The minimum atomic E-state index is -0.380. The number of aromatic nitrogens is 2. The highest BCUT2D eigenvalue weighted by Gasteiger charge is 2.48. The normalized spacial score (nSPS) is 32.8. The molecule has 4 nitrogen and oxygen atoms in total. The molecule has 0 aliphatic heterocycles. The first-order chi connectivity index (χ1) is 12.2. The predicted octanol–water partition coefficient (Wildman–Crippen LogP) is 3.77. The number of H-pyrrole nitrogens is 1. The van der Waals surface area contributed by atoms with Crippen molar-refractivity contribution in [1.82, 2.24) is 15.3 Å². The Morgan fingerprint density at radius 2 is 1.88 bits per heavy atom. The lowest BCUT2D eigenvalue weighted by atomic mass is 9.54. The summed E-state index contributed by atoms with van der Waals surface area (Å²) in [4.78, 5) is 19.5. The predicted molar refractivity (Wildman–Crippen MR) is 92.3 cm³/mol. The van der Waals surface area contributed by atoms with Crippen molar-refractivity contribution in [2.45, 2.75) is 38.1 Å². The maximum absolute atomic E-state index is 13.9. The summed E-state index contributed by atoms with van der Waals surface area (Å²) in [6.45, 7) is 0. The zero-order valence-corrected chi connectivity index (χ0v) is 14.0. The molecule has 6 rings (SSSR count). The van der Waals surface area contributed by atoms with E-state index in [0.29, 0.717) is 34.7 Å². The van der Waals surface area contributed by atoms with Crippen LogP contribution in [-0.4, -0.2) is 21.9 Å². The molecule has 0 saturated heterocycles. The van der Waals surface area contributed by atoms with Crippen LogP contribution in [0, 0.1) is 29.5 Å². The Balaban J connectivity index is 1.33. The molecule has 2 aromatic heterocycles. The van der Waals surface area contributed by atoms with Crippen molar-refractivity contribution in [2.24, 2.45) is 23.7 Å². The van der Waals surface area contributed by atoms with Crippen LogP contribution in [0.1, 0.15) is 42.6 Å². The molecule has 2 N–H and O–H groups in total. The Kier molecular flexibility index (Phi) is 3.43. The van der Waals surface area contributed by atoms with E-state index in [9.17, 15) is 9.18 Å². The molecule has 5 heteroatoms. The van der Waals surface area contributed by atoms with Crippen LogP contribution in [-0.2, 0) is 0 Å². The summed E-state index contributed by atoms with van der Waals surface area (Å²) in [6, 6.07) is 3.66. The van der Waals surface area contributed by atoms with Gasteiger partial charge in [-0.2, -0.15) is 0 Å². The van der Waals surface area contributed by atoms with Gasteiger partial charge in [-0.1, -0.05) is 0 Å². The fraction of sp³-hybridized carbons (Fsp3) is 0.500. The quantitative estimate of drug-likeness (QED) is 0.894. The lowest BCUT2D eigenvalue weighted by molar-refractivity contribution is -0.0120. The van der Waals surface area contributed by atoms with Gasteiger partial charge < -0.3 is 10.3 Å². The van der Waals surface area contributed by atoms with E-state index in [4.69, 9.17) is 0 Å². The van der Waals surface area contributed by atoms with E-state index >= 15 is 0 Å². The van der Waals surface area contributed by atoms with Crippen molar-refractivity contribution in [3.8, 4) is 11.1 Å². The number of halogens is 1. The summed E-state index contributed by atoms with van der Waals surface area (Å²) in [5.74, 6) is 2.62. The van der Waals surface area contributed by atoms with Gasteiger partial charge in [-0.15, -0.1) is 0 Å². The minimum Gasteiger partial charge on any atom is -0.357 e. The van der Waals surface area contributed by atoms with Crippen LogP contribution in [0.5, 0.6) is 0 Å². The molecule has 4 fully saturated rings. The van der Waals surface area contributed by atoms with Crippen LogP contribution in [0.15, 0.2) is 30.7 Å². The molecule has 0 atom stereocenters. The number of carbonyl (C=O) groups is 1. The smallest absolute Gasteiger partial charge is 0.267 e. The number of carbonyl (C=O) groups excluding carboxylic acids is 1. The van der Waals surface area contributed by atoms with Crippen LogP contribution in [0.4, 0.5) is 4.39 Å². The Hall–Kier alpha value is -2.17. The summed E-state index contributed by atoms with van der Waals surface area (Å²) < 4.78 is 13.9. The fourth-order valence-corrected chi connectivity index (χ4v) is 5.68. The van der Waals surface area contributed by atoms with Crippen molar-refractivity contribution >= 4 is 5.91 Å². The molecule has 0 spiro atoms. The standard InChI is InChI=1S/C20H22FN3O/c21-17-10-22-2-1-16(17)15-8-18(23-9-15)20(25)24-19-13-4-11-3-12(6-13)7-14(19)5-11/h1-2,8-14,19,23H,3-7H2,(H,24,25). The van der Waals surface area contributed by atoms with Crippen molar-refractivity contribution in [3.63, 3.8) is 0 Å². The summed E-state index contributed by atoms with van der Waals surface area (Å²) in [6.07, 6.45) is 10.9. The second-order valence-electron chi connectivity index (χ2n) is 8.09. The summed E-state index contributed by atoms with van der Waals surface area (Å²) >= 11 is 0. The second-order valence-corrected chi connectivity index (χ2v) is 8.09.